The van der Waals surface area contributed by atoms with Gasteiger partial charge in [0.05, 0.1) is 19.0 Å². The van der Waals surface area contributed by atoms with Crippen molar-refractivity contribution < 1.29 is 13.2 Å². The molecule has 0 spiro atoms. The van der Waals surface area contributed by atoms with E-state index >= 15 is 0 Å². The molecule has 1 aliphatic rings. The highest BCUT2D eigenvalue weighted by atomic mass is 35.5. The van der Waals surface area contributed by atoms with Crippen molar-refractivity contribution in [1.29, 1.82) is 0 Å². The average molecular weight is 396 g/mol. The van der Waals surface area contributed by atoms with Crippen molar-refractivity contribution >= 4 is 33.1 Å². The van der Waals surface area contributed by atoms with Gasteiger partial charge in [-0.15, -0.1) is 0 Å². The molecule has 26 heavy (non-hydrogen) atoms. The quantitative estimate of drug-likeness (QED) is 0.834. The number of aromatic nitrogens is 1. The topological polar surface area (TPSA) is 71.5 Å². The Morgan fingerprint density at radius 2 is 2.12 bits per heavy atom. The summed E-state index contributed by atoms with van der Waals surface area (Å²) >= 11 is 5.93. The summed E-state index contributed by atoms with van der Waals surface area (Å²) in [7, 11) is -2.45. The highest BCUT2D eigenvalue weighted by Gasteiger charge is 2.21. The molecule has 1 aromatic heterocycles. The van der Waals surface area contributed by atoms with Crippen LogP contribution in [0.25, 0.3) is 0 Å². The lowest BCUT2D eigenvalue weighted by Crippen LogP contribution is -2.34. The van der Waals surface area contributed by atoms with Crippen LogP contribution in [-0.2, 0) is 10.0 Å². The van der Waals surface area contributed by atoms with Crippen LogP contribution in [0.15, 0.2) is 41.4 Å². The number of benzene rings is 1. The number of methoxy groups -OCH3 is 1. The van der Waals surface area contributed by atoms with Crippen LogP contribution in [0.3, 0.4) is 0 Å². The van der Waals surface area contributed by atoms with Gasteiger partial charge in [0.2, 0.25) is 0 Å². The number of rotatable bonds is 5. The van der Waals surface area contributed by atoms with E-state index in [9.17, 15) is 8.42 Å². The molecule has 0 amide bonds. The lowest BCUT2D eigenvalue weighted by Gasteiger charge is -2.32. The van der Waals surface area contributed by atoms with E-state index in [1.54, 1.807) is 18.3 Å². The normalized spacial score (nSPS) is 17.8. The molecule has 1 N–H and O–H groups in total. The SMILES string of the molecule is COc1ccc(Cl)cc1S(=O)(=O)Nc1ccc(N2CCCC(C)C2)cn1. The maximum Gasteiger partial charge on any atom is 0.266 e. The first-order chi connectivity index (χ1) is 12.4. The molecular weight excluding hydrogens is 374 g/mol. The van der Waals surface area contributed by atoms with Crippen LogP contribution < -0.4 is 14.4 Å². The first-order valence-corrected chi connectivity index (χ1v) is 10.3. The summed E-state index contributed by atoms with van der Waals surface area (Å²) in [5, 5.41) is 0.314. The number of hydrogen-bond donors (Lipinski definition) is 1. The van der Waals surface area contributed by atoms with Gasteiger partial charge in [-0.05, 0) is 49.1 Å². The summed E-state index contributed by atoms with van der Waals surface area (Å²) in [6.45, 7) is 4.23. The molecule has 0 aliphatic carbocycles. The molecule has 6 nitrogen and oxygen atoms in total. The molecule has 1 atom stereocenters. The van der Waals surface area contributed by atoms with E-state index in [-0.39, 0.29) is 16.5 Å². The van der Waals surface area contributed by atoms with Gasteiger partial charge >= 0.3 is 0 Å². The van der Waals surface area contributed by atoms with Gasteiger partial charge in [0.25, 0.3) is 10.0 Å². The minimum atomic E-state index is -3.86. The van der Waals surface area contributed by atoms with Crippen LogP contribution in [0.1, 0.15) is 19.8 Å². The van der Waals surface area contributed by atoms with E-state index < -0.39 is 10.0 Å². The Morgan fingerprint density at radius 3 is 2.77 bits per heavy atom. The average Bonchev–Trinajstić information content (AvgIpc) is 2.62. The lowest BCUT2D eigenvalue weighted by atomic mass is 10.00. The molecular formula is C18H22ClN3O3S. The van der Waals surface area contributed by atoms with Crippen LogP contribution in [0.2, 0.25) is 5.02 Å². The van der Waals surface area contributed by atoms with Gasteiger partial charge < -0.3 is 9.64 Å². The fourth-order valence-electron chi connectivity index (χ4n) is 3.11. The third-order valence-electron chi connectivity index (χ3n) is 4.42. The molecule has 2 aromatic rings. The molecule has 1 fully saturated rings. The first kappa shape index (κ1) is 18.8. The van der Waals surface area contributed by atoms with Crippen LogP contribution in [0.4, 0.5) is 11.5 Å². The maximum atomic E-state index is 12.7. The summed E-state index contributed by atoms with van der Waals surface area (Å²) < 4.78 is 32.9. The van der Waals surface area contributed by atoms with Crippen molar-refractivity contribution in [3.63, 3.8) is 0 Å². The second-order valence-corrected chi connectivity index (χ2v) is 8.58. The highest BCUT2D eigenvalue weighted by Crippen LogP contribution is 2.29. The van der Waals surface area contributed by atoms with Crippen molar-refractivity contribution in [2.24, 2.45) is 5.92 Å². The number of ether oxygens (including phenoxy) is 1. The number of sulfonamides is 1. The van der Waals surface area contributed by atoms with Crippen molar-refractivity contribution in [3.05, 3.63) is 41.6 Å². The Labute approximate surface area is 159 Å². The fraction of sp³-hybridized carbons (Fsp3) is 0.389. The smallest absolute Gasteiger partial charge is 0.266 e. The van der Waals surface area contributed by atoms with E-state index in [4.69, 9.17) is 16.3 Å². The van der Waals surface area contributed by atoms with Gasteiger partial charge in [-0.25, -0.2) is 13.4 Å². The Kier molecular flexibility index (Phi) is 5.58. The zero-order valence-corrected chi connectivity index (χ0v) is 16.3. The van der Waals surface area contributed by atoms with Gasteiger partial charge in [-0.1, -0.05) is 18.5 Å². The van der Waals surface area contributed by atoms with E-state index in [2.05, 4.69) is 21.5 Å². The molecule has 1 unspecified atom stereocenters. The predicted molar refractivity (Wildman–Crippen MR) is 104 cm³/mol. The molecule has 3 rings (SSSR count). The Morgan fingerprint density at radius 1 is 1.31 bits per heavy atom. The number of nitrogens with zero attached hydrogens (tertiary/aromatic N) is 2. The van der Waals surface area contributed by atoms with Crippen LogP contribution >= 0.6 is 11.6 Å². The fourth-order valence-corrected chi connectivity index (χ4v) is 4.55. The predicted octanol–water partition coefficient (Wildman–Crippen LogP) is 3.78. The Bertz CT molecular complexity index is 872. The summed E-state index contributed by atoms with van der Waals surface area (Å²) in [5.74, 6) is 1.12. The Hall–Kier alpha value is -1.99. The maximum absolute atomic E-state index is 12.7. The van der Waals surface area contributed by atoms with Gasteiger partial charge in [-0.2, -0.15) is 0 Å². The number of halogens is 1. The molecule has 8 heteroatoms. The number of hydrogen-bond acceptors (Lipinski definition) is 5. The summed E-state index contributed by atoms with van der Waals surface area (Å²) in [5.41, 5.74) is 1.000. The second kappa shape index (κ2) is 7.72. The minimum Gasteiger partial charge on any atom is -0.495 e. The molecule has 1 aromatic carbocycles. The summed E-state index contributed by atoms with van der Waals surface area (Å²) in [6, 6.07) is 8.00. The number of pyridine rings is 1. The largest absolute Gasteiger partial charge is 0.495 e. The van der Waals surface area contributed by atoms with E-state index in [0.29, 0.717) is 10.9 Å². The van der Waals surface area contributed by atoms with Crippen LogP contribution in [-0.4, -0.2) is 33.6 Å². The van der Waals surface area contributed by atoms with Crippen molar-refractivity contribution in [3.8, 4) is 5.75 Å². The van der Waals surface area contributed by atoms with Gasteiger partial charge in [0.1, 0.15) is 16.5 Å². The molecule has 140 valence electrons. The van der Waals surface area contributed by atoms with E-state index in [1.165, 1.54) is 25.7 Å². The highest BCUT2D eigenvalue weighted by molar-refractivity contribution is 7.92. The summed E-state index contributed by atoms with van der Waals surface area (Å²) in [4.78, 5) is 6.51. The minimum absolute atomic E-state index is 0.0248. The van der Waals surface area contributed by atoms with Crippen molar-refractivity contribution in [1.82, 2.24) is 4.98 Å². The van der Waals surface area contributed by atoms with Crippen LogP contribution in [0, 0.1) is 5.92 Å². The summed E-state index contributed by atoms with van der Waals surface area (Å²) in [6.07, 6.45) is 4.10. The third kappa shape index (κ3) is 4.22. The standard InChI is InChI=1S/C18H22ClN3O3S/c1-13-4-3-9-22(12-13)15-6-8-18(20-11-15)21-26(23,24)17-10-14(19)5-7-16(17)25-2/h5-8,10-11,13H,3-4,9,12H2,1-2H3,(H,20,21). The van der Waals surface area contributed by atoms with Gasteiger partial charge in [0.15, 0.2) is 0 Å². The lowest BCUT2D eigenvalue weighted by molar-refractivity contribution is 0.403. The first-order valence-electron chi connectivity index (χ1n) is 8.46. The second-order valence-electron chi connectivity index (χ2n) is 6.50. The molecule has 1 saturated heterocycles. The zero-order chi connectivity index (χ0) is 18.7. The molecule has 0 bridgehead atoms. The molecule has 0 saturated carbocycles. The number of piperidine rings is 1. The van der Waals surface area contributed by atoms with Crippen LogP contribution in [0.5, 0.6) is 5.75 Å². The van der Waals surface area contributed by atoms with Crippen molar-refractivity contribution in [2.75, 3.05) is 29.8 Å². The number of nitrogens with one attached hydrogen (secondary N) is 1. The van der Waals surface area contributed by atoms with Gasteiger partial charge in [-0.3, -0.25) is 4.72 Å². The van der Waals surface area contributed by atoms with E-state index in [1.807, 2.05) is 6.07 Å². The Balaban J connectivity index is 1.79. The monoisotopic (exact) mass is 395 g/mol. The molecule has 1 aliphatic heterocycles. The zero-order valence-electron chi connectivity index (χ0n) is 14.8. The van der Waals surface area contributed by atoms with E-state index in [0.717, 1.165) is 25.2 Å². The molecule has 0 radical (unpaired) electrons. The molecule has 2 heterocycles. The number of anilines is 2. The van der Waals surface area contributed by atoms with Crippen molar-refractivity contribution in [2.45, 2.75) is 24.7 Å². The van der Waals surface area contributed by atoms with Gasteiger partial charge in [0, 0.05) is 18.1 Å². The third-order valence-corrected chi connectivity index (χ3v) is 6.04.